The third-order valence-electron chi connectivity index (χ3n) is 8.04. The van der Waals surface area contributed by atoms with Gasteiger partial charge in [0.15, 0.2) is 0 Å². The zero-order valence-corrected chi connectivity index (χ0v) is 22.4. The molecule has 0 aromatic carbocycles. The van der Waals surface area contributed by atoms with E-state index in [1.54, 1.807) is 0 Å². The predicted molar refractivity (Wildman–Crippen MR) is 145 cm³/mol. The fourth-order valence-electron chi connectivity index (χ4n) is 5.94. The lowest BCUT2D eigenvalue weighted by Crippen LogP contribution is -2.53. The summed E-state index contributed by atoms with van der Waals surface area (Å²) in [5, 5.41) is 15.5. The highest BCUT2D eigenvalue weighted by Crippen LogP contribution is 2.23. The first-order valence-electron chi connectivity index (χ1n) is 14.0. The average Bonchev–Trinajstić information content (AvgIpc) is 2.87. The van der Waals surface area contributed by atoms with E-state index < -0.39 is 0 Å². The molecule has 2 aliphatic carbocycles. The number of aromatic nitrogens is 1. The molecule has 3 aliphatic rings. The molecule has 34 heavy (non-hydrogen) atoms. The Hall–Kier alpha value is -0.700. The number of nitrogens with one attached hydrogen (secondary N) is 4. The van der Waals surface area contributed by atoms with Gasteiger partial charge in [0.05, 0.1) is 11.4 Å². The van der Waals surface area contributed by atoms with Gasteiger partial charge in [0.25, 0.3) is 0 Å². The van der Waals surface area contributed by atoms with Crippen LogP contribution in [0.4, 0.5) is 0 Å². The zero-order valence-electron chi connectivity index (χ0n) is 21.6. The molecule has 0 saturated heterocycles. The van der Waals surface area contributed by atoms with Gasteiger partial charge in [-0.25, -0.2) is 0 Å². The molecule has 1 unspecified atom stereocenters. The van der Waals surface area contributed by atoms with Crippen LogP contribution in [0.25, 0.3) is 0 Å². The van der Waals surface area contributed by atoms with Gasteiger partial charge in [-0.15, -0.1) is 11.8 Å². The Kier molecular flexibility index (Phi) is 11.0. The van der Waals surface area contributed by atoms with Crippen LogP contribution in [-0.2, 0) is 13.1 Å². The molecule has 7 heteroatoms. The summed E-state index contributed by atoms with van der Waals surface area (Å²) in [5.41, 5.74) is 2.39. The Labute approximate surface area is 212 Å². The predicted octanol–water partition coefficient (Wildman–Crippen LogP) is 3.51. The topological polar surface area (TPSA) is 64.2 Å². The first-order chi connectivity index (χ1) is 16.7. The lowest BCUT2D eigenvalue weighted by atomic mass is 9.89. The van der Waals surface area contributed by atoms with Gasteiger partial charge in [0.1, 0.15) is 0 Å². The summed E-state index contributed by atoms with van der Waals surface area (Å²) in [6.07, 6.45) is 10.5. The third-order valence-corrected chi connectivity index (χ3v) is 8.99. The van der Waals surface area contributed by atoms with Crippen molar-refractivity contribution in [3.8, 4) is 0 Å². The molecule has 2 heterocycles. The first-order valence-corrected chi connectivity index (χ1v) is 15.0. The van der Waals surface area contributed by atoms with Crippen LogP contribution in [0.2, 0.25) is 0 Å². The molecule has 2 saturated carbocycles. The van der Waals surface area contributed by atoms with Crippen LogP contribution in [0.15, 0.2) is 17.0 Å². The standard InChI is InChI=1S/C27H48N6S/c1-3-33(4-2)15-16-34-23-17-21-19-30-26-11-7-5-9-24(26)28-13-14-29-25-10-6-8-12-27(25)31-20-22(18-23)32-21/h17-18,24-31H,3-16,19-20H2,1-2H3/t24-,25?,26-,27-/m1/s1. The largest absolute Gasteiger partial charge is 0.311 e. The summed E-state index contributed by atoms with van der Waals surface area (Å²) in [5.74, 6) is 1.13. The Bertz CT molecular complexity index is 679. The second-order valence-electron chi connectivity index (χ2n) is 10.3. The lowest BCUT2D eigenvalue weighted by Gasteiger charge is -2.34. The highest BCUT2D eigenvalue weighted by Gasteiger charge is 2.26. The van der Waals surface area contributed by atoms with Crippen molar-refractivity contribution in [1.29, 1.82) is 0 Å². The lowest BCUT2D eigenvalue weighted by molar-refractivity contribution is 0.266. The Morgan fingerprint density at radius 3 is 1.71 bits per heavy atom. The highest BCUT2D eigenvalue weighted by molar-refractivity contribution is 7.99. The number of hydrogen-bond acceptors (Lipinski definition) is 7. The number of pyridine rings is 1. The molecule has 0 spiro atoms. The molecule has 0 radical (unpaired) electrons. The minimum absolute atomic E-state index is 0.545. The van der Waals surface area contributed by atoms with Gasteiger partial charge >= 0.3 is 0 Å². The molecular formula is C27H48N6S. The summed E-state index contributed by atoms with van der Waals surface area (Å²) in [4.78, 5) is 8.98. The van der Waals surface area contributed by atoms with Crippen molar-refractivity contribution < 1.29 is 0 Å². The average molecular weight is 489 g/mol. The monoisotopic (exact) mass is 488 g/mol. The smallest absolute Gasteiger partial charge is 0.0556 e. The highest BCUT2D eigenvalue weighted by atomic mass is 32.2. The quantitative estimate of drug-likeness (QED) is 0.457. The van der Waals surface area contributed by atoms with Crippen LogP contribution in [-0.4, -0.2) is 72.5 Å². The molecule has 4 atom stereocenters. The van der Waals surface area contributed by atoms with Crippen LogP contribution in [0, 0.1) is 0 Å². The van der Waals surface area contributed by atoms with Crippen LogP contribution >= 0.6 is 11.8 Å². The second-order valence-corrected chi connectivity index (χ2v) is 11.5. The van der Waals surface area contributed by atoms with Gasteiger partial charge in [0, 0.05) is 67.5 Å². The molecule has 0 amide bonds. The van der Waals surface area contributed by atoms with Crippen molar-refractivity contribution in [2.45, 2.75) is 107 Å². The van der Waals surface area contributed by atoms with Gasteiger partial charge in [-0.3, -0.25) is 4.98 Å². The molecule has 4 N–H and O–H groups in total. The third kappa shape index (κ3) is 7.90. The number of nitrogens with zero attached hydrogens (tertiary/aromatic N) is 2. The van der Waals surface area contributed by atoms with Gasteiger partial charge < -0.3 is 26.2 Å². The minimum Gasteiger partial charge on any atom is -0.311 e. The molecule has 1 aromatic rings. The fourth-order valence-corrected chi connectivity index (χ4v) is 6.97. The van der Waals surface area contributed by atoms with E-state index in [1.807, 2.05) is 11.8 Å². The van der Waals surface area contributed by atoms with Crippen LogP contribution in [0.5, 0.6) is 0 Å². The van der Waals surface area contributed by atoms with E-state index in [2.05, 4.69) is 52.1 Å². The van der Waals surface area contributed by atoms with Crippen molar-refractivity contribution >= 4 is 11.8 Å². The molecule has 6 nitrogen and oxygen atoms in total. The Morgan fingerprint density at radius 1 is 0.765 bits per heavy atom. The van der Waals surface area contributed by atoms with E-state index in [4.69, 9.17) is 4.98 Å². The van der Waals surface area contributed by atoms with Gasteiger partial charge in [-0.1, -0.05) is 39.5 Å². The number of thioether (sulfide) groups is 1. The molecule has 1 aliphatic heterocycles. The maximum absolute atomic E-state index is 5.11. The number of hydrogen-bond donors (Lipinski definition) is 4. The molecule has 2 bridgehead atoms. The van der Waals surface area contributed by atoms with Crippen molar-refractivity contribution in [1.82, 2.24) is 31.2 Å². The van der Waals surface area contributed by atoms with E-state index in [9.17, 15) is 0 Å². The molecule has 1 aromatic heterocycles. The molecular weight excluding hydrogens is 440 g/mol. The zero-order chi connectivity index (χ0) is 23.6. The maximum atomic E-state index is 5.11. The van der Waals surface area contributed by atoms with Crippen molar-refractivity contribution in [2.24, 2.45) is 0 Å². The van der Waals surface area contributed by atoms with Crippen molar-refractivity contribution in [2.75, 3.05) is 38.5 Å². The summed E-state index contributed by atoms with van der Waals surface area (Å²) in [6, 6.07) is 6.90. The fraction of sp³-hybridized carbons (Fsp3) is 0.815. The maximum Gasteiger partial charge on any atom is 0.0556 e. The van der Waals surface area contributed by atoms with E-state index in [1.165, 1.54) is 67.6 Å². The minimum atomic E-state index is 0.545. The summed E-state index contributed by atoms with van der Waals surface area (Å²) >= 11 is 1.99. The molecule has 2 fully saturated rings. The second kappa shape index (κ2) is 14.1. The van der Waals surface area contributed by atoms with Gasteiger partial charge in [0.2, 0.25) is 0 Å². The van der Waals surface area contributed by atoms with Crippen molar-refractivity contribution in [3.05, 3.63) is 23.5 Å². The van der Waals surface area contributed by atoms with E-state index >= 15 is 0 Å². The normalized spacial score (nSPS) is 29.0. The van der Waals surface area contributed by atoms with Crippen LogP contribution in [0.1, 0.15) is 76.6 Å². The summed E-state index contributed by atoms with van der Waals surface area (Å²) in [7, 11) is 0. The number of rotatable bonds is 6. The summed E-state index contributed by atoms with van der Waals surface area (Å²) in [6.45, 7) is 11.8. The SMILES string of the molecule is CCN(CC)CCSc1cc2nc(c1)CN[C@@H]1CCCC[C@H]1NCCNC1CCCC[C@H]1NC2. The van der Waals surface area contributed by atoms with Crippen LogP contribution < -0.4 is 21.3 Å². The summed E-state index contributed by atoms with van der Waals surface area (Å²) < 4.78 is 0. The van der Waals surface area contributed by atoms with Gasteiger partial charge in [-0.05, 0) is 50.9 Å². The molecule has 192 valence electrons. The Balaban J connectivity index is 1.48. The van der Waals surface area contributed by atoms with Crippen molar-refractivity contribution in [3.63, 3.8) is 0 Å². The molecule has 4 rings (SSSR count). The van der Waals surface area contributed by atoms with E-state index in [0.717, 1.165) is 51.6 Å². The Morgan fingerprint density at radius 2 is 1.24 bits per heavy atom. The van der Waals surface area contributed by atoms with Gasteiger partial charge in [-0.2, -0.15) is 0 Å². The first kappa shape index (κ1) is 26.4. The van der Waals surface area contributed by atoms with E-state index in [0.29, 0.717) is 24.2 Å². The van der Waals surface area contributed by atoms with E-state index in [-0.39, 0.29) is 0 Å². The number of fused-ring (bicyclic) bond motifs is 4. The van der Waals surface area contributed by atoms with Crippen LogP contribution in [0.3, 0.4) is 0 Å².